The molecule has 0 bridgehead atoms. The van der Waals surface area contributed by atoms with Gasteiger partial charge in [-0.15, -0.1) is 0 Å². The summed E-state index contributed by atoms with van der Waals surface area (Å²) in [4.78, 5) is 15.4. The first-order chi connectivity index (χ1) is 13.0. The highest BCUT2D eigenvalue weighted by Crippen LogP contribution is 2.51. The van der Waals surface area contributed by atoms with Crippen molar-refractivity contribution in [1.29, 1.82) is 0 Å². The second-order valence-corrected chi connectivity index (χ2v) is 8.30. The summed E-state index contributed by atoms with van der Waals surface area (Å²) in [6.45, 7) is 5.54. The van der Waals surface area contributed by atoms with E-state index in [9.17, 15) is 15.0 Å². The Labute approximate surface area is 174 Å². The maximum Gasteiger partial charge on any atom is 0.404 e. The summed E-state index contributed by atoms with van der Waals surface area (Å²) in [7, 11) is 1.47. The number of methoxy groups -OCH3 is 1. The lowest BCUT2D eigenvalue weighted by Gasteiger charge is -2.46. The maximum atomic E-state index is 12.1. The number of hydrogen-bond acceptors (Lipinski definition) is 4. The van der Waals surface area contributed by atoms with E-state index in [1.54, 1.807) is 36.5 Å². The summed E-state index contributed by atoms with van der Waals surface area (Å²) >= 11 is 12.2. The first kappa shape index (κ1) is 22.3. The molecule has 0 aliphatic rings. The zero-order chi connectivity index (χ0) is 21.1. The molecule has 1 aromatic carbocycles. The molecule has 1 aromatic heterocycles. The Morgan fingerprint density at radius 3 is 2.46 bits per heavy atom. The van der Waals surface area contributed by atoms with Gasteiger partial charge in [-0.25, -0.2) is 9.78 Å². The minimum atomic E-state index is -1.55. The van der Waals surface area contributed by atoms with E-state index >= 15 is 0 Å². The van der Waals surface area contributed by atoms with E-state index in [-0.39, 0.29) is 12.4 Å². The van der Waals surface area contributed by atoms with Gasteiger partial charge in [0.25, 0.3) is 0 Å². The highest BCUT2D eigenvalue weighted by atomic mass is 35.5. The van der Waals surface area contributed by atoms with E-state index < -0.39 is 23.0 Å². The lowest BCUT2D eigenvalue weighted by atomic mass is 9.63. The molecule has 3 N–H and O–H groups in total. The van der Waals surface area contributed by atoms with E-state index in [2.05, 4.69) is 10.3 Å². The fourth-order valence-corrected chi connectivity index (χ4v) is 3.69. The van der Waals surface area contributed by atoms with Crippen LogP contribution in [0.15, 0.2) is 36.5 Å². The van der Waals surface area contributed by atoms with Crippen LogP contribution in [0.4, 0.5) is 4.79 Å². The molecule has 28 heavy (non-hydrogen) atoms. The molecule has 0 aliphatic carbocycles. The van der Waals surface area contributed by atoms with E-state index in [1.807, 2.05) is 20.8 Å². The summed E-state index contributed by atoms with van der Waals surface area (Å²) in [6, 6.07) is 8.41. The number of ether oxygens (including phenoxy) is 1. The molecule has 2 aromatic rings. The number of pyridine rings is 1. The molecular formula is C20H24Cl2N2O4. The SMILES string of the molecule is COc1ncccc1C(O)(C(CNC(=O)O)c1ccc(Cl)c(Cl)c1)C(C)(C)C. The zero-order valence-electron chi connectivity index (χ0n) is 16.2. The summed E-state index contributed by atoms with van der Waals surface area (Å²) in [5.41, 5.74) is -1.19. The van der Waals surface area contributed by atoms with Gasteiger partial charge in [0.1, 0.15) is 5.60 Å². The number of carbonyl (C=O) groups is 1. The number of hydrogen-bond donors (Lipinski definition) is 3. The molecule has 2 atom stereocenters. The standard InChI is InChI=1S/C20H24Cl2N2O4/c1-19(2,3)20(27,13-6-5-9-23-17(13)28-4)14(11-24-18(25)26)12-7-8-15(21)16(22)10-12/h5-10,14,24,27H,11H2,1-4H3,(H,25,26). The van der Waals surface area contributed by atoms with Gasteiger partial charge in [-0.2, -0.15) is 0 Å². The molecule has 6 nitrogen and oxygen atoms in total. The van der Waals surface area contributed by atoms with Crippen LogP contribution in [0.2, 0.25) is 10.0 Å². The van der Waals surface area contributed by atoms with Crippen LogP contribution in [0.3, 0.4) is 0 Å². The van der Waals surface area contributed by atoms with Crippen molar-refractivity contribution in [3.8, 4) is 5.88 Å². The Morgan fingerprint density at radius 2 is 1.93 bits per heavy atom. The van der Waals surface area contributed by atoms with Gasteiger partial charge in [0.2, 0.25) is 5.88 Å². The van der Waals surface area contributed by atoms with Crippen molar-refractivity contribution < 1.29 is 19.7 Å². The second-order valence-electron chi connectivity index (χ2n) is 7.49. The molecule has 0 saturated heterocycles. The molecule has 152 valence electrons. The van der Waals surface area contributed by atoms with E-state index in [0.717, 1.165) is 0 Å². The van der Waals surface area contributed by atoms with Crippen molar-refractivity contribution >= 4 is 29.3 Å². The molecule has 1 heterocycles. The average Bonchev–Trinajstić information content (AvgIpc) is 2.63. The number of benzene rings is 1. The van der Waals surface area contributed by atoms with Crippen molar-refractivity contribution in [2.24, 2.45) is 5.41 Å². The molecule has 0 aliphatic heterocycles. The molecule has 8 heteroatoms. The highest BCUT2D eigenvalue weighted by molar-refractivity contribution is 6.42. The number of nitrogens with zero attached hydrogens (tertiary/aromatic N) is 1. The Morgan fingerprint density at radius 1 is 1.25 bits per heavy atom. The highest BCUT2D eigenvalue weighted by Gasteiger charge is 2.50. The lowest BCUT2D eigenvalue weighted by molar-refractivity contribution is -0.0885. The Bertz CT molecular complexity index is 854. The van der Waals surface area contributed by atoms with Crippen LogP contribution in [0, 0.1) is 5.41 Å². The largest absolute Gasteiger partial charge is 0.481 e. The Kier molecular flexibility index (Phi) is 6.80. The summed E-state index contributed by atoms with van der Waals surface area (Å²) in [6.07, 6.45) is 0.370. The van der Waals surface area contributed by atoms with Crippen molar-refractivity contribution in [3.05, 3.63) is 57.7 Å². The second kappa shape index (κ2) is 8.55. The monoisotopic (exact) mass is 426 g/mol. The first-order valence-electron chi connectivity index (χ1n) is 8.66. The predicted octanol–water partition coefficient (Wildman–Crippen LogP) is 4.68. The molecule has 0 fully saturated rings. The lowest BCUT2D eigenvalue weighted by Crippen LogP contribution is -2.49. The molecule has 0 saturated carbocycles. The third-order valence-electron chi connectivity index (χ3n) is 4.83. The van der Waals surface area contributed by atoms with Crippen LogP contribution in [-0.4, -0.2) is 34.9 Å². The fraction of sp³-hybridized carbons (Fsp3) is 0.400. The summed E-state index contributed by atoms with van der Waals surface area (Å²) in [5.74, 6) is -0.434. The topological polar surface area (TPSA) is 91.7 Å². The van der Waals surface area contributed by atoms with Crippen LogP contribution < -0.4 is 10.1 Å². The van der Waals surface area contributed by atoms with Gasteiger partial charge in [-0.1, -0.05) is 50.0 Å². The van der Waals surface area contributed by atoms with Gasteiger partial charge >= 0.3 is 6.09 Å². The quantitative estimate of drug-likeness (QED) is 0.623. The average molecular weight is 427 g/mol. The number of nitrogens with one attached hydrogen (secondary N) is 1. The third kappa shape index (κ3) is 4.35. The number of aromatic nitrogens is 1. The number of halogens is 2. The maximum absolute atomic E-state index is 12.1. The van der Waals surface area contributed by atoms with Gasteiger partial charge in [0.05, 0.1) is 17.2 Å². The van der Waals surface area contributed by atoms with Crippen LogP contribution in [0.5, 0.6) is 5.88 Å². The zero-order valence-corrected chi connectivity index (χ0v) is 17.7. The van der Waals surface area contributed by atoms with Crippen LogP contribution >= 0.6 is 23.2 Å². The van der Waals surface area contributed by atoms with Gasteiger partial charge in [-0.05, 0) is 35.2 Å². The van der Waals surface area contributed by atoms with Crippen molar-refractivity contribution in [2.75, 3.05) is 13.7 Å². The third-order valence-corrected chi connectivity index (χ3v) is 5.57. The molecule has 0 radical (unpaired) electrons. The molecule has 2 rings (SSSR count). The number of rotatable bonds is 6. The minimum Gasteiger partial charge on any atom is -0.481 e. The van der Waals surface area contributed by atoms with Gasteiger partial charge < -0.3 is 20.3 Å². The number of aliphatic hydroxyl groups is 1. The smallest absolute Gasteiger partial charge is 0.404 e. The van der Waals surface area contributed by atoms with Crippen LogP contribution in [-0.2, 0) is 5.60 Å². The van der Waals surface area contributed by atoms with E-state index in [4.69, 9.17) is 27.9 Å². The molecular weight excluding hydrogens is 403 g/mol. The van der Waals surface area contributed by atoms with Crippen LogP contribution in [0.25, 0.3) is 0 Å². The molecule has 1 amide bonds. The van der Waals surface area contributed by atoms with Crippen molar-refractivity contribution in [1.82, 2.24) is 10.3 Å². The minimum absolute atomic E-state index is 0.0564. The first-order valence-corrected chi connectivity index (χ1v) is 9.41. The van der Waals surface area contributed by atoms with E-state index in [1.165, 1.54) is 7.11 Å². The predicted molar refractivity (Wildman–Crippen MR) is 109 cm³/mol. The van der Waals surface area contributed by atoms with Crippen molar-refractivity contribution in [3.63, 3.8) is 0 Å². The molecule has 2 unspecified atom stereocenters. The molecule has 0 spiro atoms. The fourth-order valence-electron chi connectivity index (χ4n) is 3.38. The van der Waals surface area contributed by atoms with Gasteiger partial charge in [-0.3, -0.25) is 0 Å². The Hall–Kier alpha value is -2.02. The van der Waals surface area contributed by atoms with Crippen molar-refractivity contribution in [2.45, 2.75) is 32.3 Å². The van der Waals surface area contributed by atoms with E-state index in [0.29, 0.717) is 21.2 Å². The van der Waals surface area contributed by atoms with Gasteiger partial charge in [0, 0.05) is 24.2 Å². The summed E-state index contributed by atoms with van der Waals surface area (Å²) < 4.78 is 5.39. The van der Waals surface area contributed by atoms with Gasteiger partial charge in [0.15, 0.2) is 0 Å². The Balaban J connectivity index is 2.75. The normalized spacial score (nSPS) is 14.8. The number of carboxylic acid groups (broad SMARTS) is 1. The summed E-state index contributed by atoms with van der Waals surface area (Å²) in [5, 5.41) is 24.3. The number of amides is 1. The van der Waals surface area contributed by atoms with Crippen LogP contribution in [0.1, 0.15) is 37.8 Å².